The van der Waals surface area contributed by atoms with Crippen molar-refractivity contribution in [2.75, 3.05) is 11.9 Å². The third-order valence-corrected chi connectivity index (χ3v) is 4.00. The van der Waals surface area contributed by atoms with Crippen LogP contribution in [0.5, 0.6) is 0 Å². The summed E-state index contributed by atoms with van der Waals surface area (Å²) in [6.45, 7) is 0.393. The van der Waals surface area contributed by atoms with E-state index in [1.54, 1.807) is 6.07 Å². The molecular formula is C15H23FN2. The third kappa shape index (κ3) is 3.02. The molecule has 1 saturated carbocycles. The predicted molar refractivity (Wildman–Crippen MR) is 74.2 cm³/mol. The molecular weight excluding hydrogens is 227 g/mol. The normalized spacial score (nSPS) is 17.5. The maximum absolute atomic E-state index is 14.0. The molecule has 1 aromatic carbocycles. The van der Waals surface area contributed by atoms with E-state index >= 15 is 0 Å². The lowest BCUT2D eigenvalue weighted by molar-refractivity contribution is 0.537. The van der Waals surface area contributed by atoms with Crippen LogP contribution >= 0.6 is 0 Å². The molecule has 2 rings (SSSR count). The van der Waals surface area contributed by atoms with Crippen LogP contribution in [-0.4, -0.2) is 13.1 Å². The zero-order chi connectivity index (χ0) is 13.0. The number of halogens is 1. The van der Waals surface area contributed by atoms with Gasteiger partial charge in [0.15, 0.2) is 0 Å². The molecule has 1 aliphatic carbocycles. The fourth-order valence-electron chi connectivity index (χ4n) is 2.81. The van der Waals surface area contributed by atoms with Gasteiger partial charge in [-0.15, -0.1) is 0 Å². The van der Waals surface area contributed by atoms with Gasteiger partial charge in [0.1, 0.15) is 5.82 Å². The molecule has 0 aromatic heterocycles. The molecule has 0 heterocycles. The third-order valence-electron chi connectivity index (χ3n) is 4.00. The largest absolute Gasteiger partial charge is 0.369 e. The van der Waals surface area contributed by atoms with Crippen LogP contribution < -0.4 is 10.6 Å². The predicted octanol–water partition coefficient (Wildman–Crippen LogP) is 3.44. The van der Waals surface area contributed by atoms with E-state index in [0.717, 1.165) is 5.56 Å². The minimum absolute atomic E-state index is 0.148. The lowest BCUT2D eigenvalue weighted by atomic mass is 10.1. The summed E-state index contributed by atoms with van der Waals surface area (Å²) in [7, 11) is 2.01. The molecule has 1 aliphatic rings. The lowest BCUT2D eigenvalue weighted by Crippen LogP contribution is -2.31. The van der Waals surface area contributed by atoms with Crippen LogP contribution in [0.2, 0.25) is 0 Å². The quantitative estimate of drug-likeness (QED) is 0.833. The zero-order valence-electron chi connectivity index (χ0n) is 11.2. The molecule has 0 saturated heterocycles. The summed E-state index contributed by atoms with van der Waals surface area (Å²) >= 11 is 0. The van der Waals surface area contributed by atoms with Crippen molar-refractivity contribution in [3.05, 3.63) is 29.6 Å². The Labute approximate surface area is 109 Å². The van der Waals surface area contributed by atoms with E-state index in [4.69, 9.17) is 5.73 Å². The first-order chi connectivity index (χ1) is 8.72. The average molecular weight is 250 g/mol. The fraction of sp³-hybridized carbons (Fsp3) is 0.600. The number of hydrogen-bond donors (Lipinski definition) is 1. The van der Waals surface area contributed by atoms with Crippen molar-refractivity contribution in [1.29, 1.82) is 0 Å². The van der Waals surface area contributed by atoms with Crippen LogP contribution in [0.3, 0.4) is 0 Å². The van der Waals surface area contributed by atoms with E-state index in [0.29, 0.717) is 18.3 Å². The Balaban J connectivity index is 2.14. The first-order valence-corrected chi connectivity index (χ1v) is 6.93. The van der Waals surface area contributed by atoms with Crippen LogP contribution in [0, 0.1) is 5.82 Å². The van der Waals surface area contributed by atoms with Crippen molar-refractivity contribution in [3.8, 4) is 0 Å². The number of nitrogens with two attached hydrogens (primary N) is 1. The van der Waals surface area contributed by atoms with Crippen molar-refractivity contribution in [1.82, 2.24) is 0 Å². The molecule has 3 heteroatoms. The number of anilines is 1. The Bertz CT molecular complexity index is 384. The van der Waals surface area contributed by atoms with Gasteiger partial charge in [0.05, 0.1) is 5.69 Å². The second-order valence-electron chi connectivity index (χ2n) is 5.25. The van der Waals surface area contributed by atoms with Crippen molar-refractivity contribution in [2.24, 2.45) is 5.73 Å². The molecule has 0 bridgehead atoms. The van der Waals surface area contributed by atoms with Gasteiger partial charge in [-0.3, -0.25) is 0 Å². The first-order valence-electron chi connectivity index (χ1n) is 6.93. The molecule has 1 fully saturated rings. The van der Waals surface area contributed by atoms with Gasteiger partial charge in [0, 0.05) is 19.6 Å². The van der Waals surface area contributed by atoms with Gasteiger partial charge in [-0.25, -0.2) is 4.39 Å². The highest BCUT2D eigenvalue weighted by molar-refractivity contribution is 5.49. The van der Waals surface area contributed by atoms with E-state index in [1.165, 1.54) is 38.5 Å². The molecule has 0 atom stereocenters. The highest BCUT2D eigenvalue weighted by atomic mass is 19.1. The maximum atomic E-state index is 14.0. The van der Waals surface area contributed by atoms with Crippen LogP contribution in [0.25, 0.3) is 0 Å². The monoisotopic (exact) mass is 250 g/mol. The van der Waals surface area contributed by atoms with Gasteiger partial charge in [-0.05, 0) is 30.5 Å². The lowest BCUT2D eigenvalue weighted by Gasteiger charge is -2.29. The Morgan fingerprint density at radius 3 is 2.44 bits per heavy atom. The fourth-order valence-corrected chi connectivity index (χ4v) is 2.81. The van der Waals surface area contributed by atoms with Crippen molar-refractivity contribution >= 4 is 5.69 Å². The summed E-state index contributed by atoms with van der Waals surface area (Å²) in [6.07, 6.45) is 7.51. The summed E-state index contributed by atoms with van der Waals surface area (Å²) in [6, 6.07) is 5.82. The van der Waals surface area contributed by atoms with Crippen molar-refractivity contribution in [3.63, 3.8) is 0 Å². The average Bonchev–Trinajstić information content (AvgIpc) is 2.66. The minimum atomic E-state index is -0.148. The SMILES string of the molecule is CN(c1ccc(CN)cc1F)C1CCCCCC1. The second kappa shape index (κ2) is 6.19. The van der Waals surface area contributed by atoms with Gasteiger partial charge >= 0.3 is 0 Å². The molecule has 0 spiro atoms. The molecule has 2 nitrogen and oxygen atoms in total. The van der Waals surface area contributed by atoms with Crippen LogP contribution in [0.15, 0.2) is 18.2 Å². The molecule has 100 valence electrons. The summed E-state index contributed by atoms with van der Waals surface area (Å²) < 4.78 is 14.0. The highest BCUT2D eigenvalue weighted by Gasteiger charge is 2.19. The Morgan fingerprint density at radius 2 is 1.89 bits per heavy atom. The summed E-state index contributed by atoms with van der Waals surface area (Å²) in [5, 5.41) is 0. The molecule has 1 aromatic rings. The summed E-state index contributed by atoms with van der Waals surface area (Å²) in [5.74, 6) is -0.148. The van der Waals surface area contributed by atoms with Crippen molar-refractivity contribution < 1.29 is 4.39 Å². The highest BCUT2D eigenvalue weighted by Crippen LogP contribution is 2.27. The minimum Gasteiger partial charge on any atom is -0.369 e. The number of nitrogens with zero attached hydrogens (tertiary/aromatic N) is 1. The zero-order valence-corrected chi connectivity index (χ0v) is 11.2. The number of rotatable bonds is 3. The van der Waals surface area contributed by atoms with E-state index in [2.05, 4.69) is 4.90 Å². The molecule has 2 N–H and O–H groups in total. The van der Waals surface area contributed by atoms with E-state index < -0.39 is 0 Å². The van der Waals surface area contributed by atoms with E-state index in [1.807, 2.05) is 19.2 Å². The van der Waals surface area contributed by atoms with Crippen LogP contribution in [-0.2, 0) is 6.54 Å². The smallest absolute Gasteiger partial charge is 0.146 e. The summed E-state index contributed by atoms with van der Waals surface area (Å²) in [4.78, 5) is 2.11. The maximum Gasteiger partial charge on any atom is 0.146 e. The Kier molecular flexibility index (Phi) is 4.59. The topological polar surface area (TPSA) is 29.3 Å². The van der Waals surface area contributed by atoms with E-state index in [9.17, 15) is 4.39 Å². The second-order valence-corrected chi connectivity index (χ2v) is 5.25. The van der Waals surface area contributed by atoms with Crippen LogP contribution in [0.4, 0.5) is 10.1 Å². The standard InChI is InChI=1S/C15H23FN2/c1-18(13-6-4-2-3-5-7-13)15-9-8-12(11-17)10-14(15)16/h8-10,13H,2-7,11,17H2,1H3. The molecule has 0 unspecified atom stereocenters. The summed E-state index contributed by atoms with van der Waals surface area (Å²) in [5.41, 5.74) is 7.09. The number of benzene rings is 1. The van der Waals surface area contributed by atoms with Gasteiger partial charge in [0.2, 0.25) is 0 Å². The number of hydrogen-bond acceptors (Lipinski definition) is 2. The molecule has 0 aliphatic heterocycles. The van der Waals surface area contributed by atoms with Gasteiger partial charge in [-0.2, -0.15) is 0 Å². The van der Waals surface area contributed by atoms with Gasteiger partial charge < -0.3 is 10.6 Å². The Morgan fingerprint density at radius 1 is 1.22 bits per heavy atom. The molecule has 18 heavy (non-hydrogen) atoms. The first kappa shape index (κ1) is 13.3. The van der Waals surface area contributed by atoms with Crippen LogP contribution in [0.1, 0.15) is 44.1 Å². The van der Waals surface area contributed by atoms with Gasteiger partial charge in [-0.1, -0.05) is 31.7 Å². The molecule has 0 amide bonds. The van der Waals surface area contributed by atoms with Crippen molar-refractivity contribution in [2.45, 2.75) is 51.1 Å². The Hall–Kier alpha value is -1.09. The molecule has 0 radical (unpaired) electrons. The van der Waals surface area contributed by atoms with Gasteiger partial charge in [0.25, 0.3) is 0 Å². The van der Waals surface area contributed by atoms with E-state index in [-0.39, 0.29) is 5.82 Å².